The Balaban J connectivity index is 1.68. The Labute approximate surface area is 155 Å². The maximum Gasteiger partial charge on any atom is 0.184 e. The molecule has 0 aliphatic carbocycles. The van der Waals surface area contributed by atoms with Crippen molar-refractivity contribution < 1.29 is 0 Å². The summed E-state index contributed by atoms with van der Waals surface area (Å²) in [6.07, 6.45) is 5.59. The van der Waals surface area contributed by atoms with Gasteiger partial charge >= 0.3 is 0 Å². The zero-order chi connectivity index (χ0) is 18.4. The van der Waals surface area contributed by atoms with Gasteiger partial charge in [0.15, 0.2) is 11.5 Å². The van der Waals surface area contributed by atoms with Crippen molar-refractivity contribution in [1.29, 1.82) is 0 Å². The first-order chi connectivity index (χ1) is 13.2. The molecular weight excluding hydrogens is 338 g/mol. The maximum absolute atomic E-state index is 4.62. The Morgan fingerprint density at radius 1 is 1.04 bits per heavy atom. The lowest BCUT2D eigenvalue weighted by molar-refractivity contribution is 0.869. The number of aromatic amines is 1. The lowest BCUT2D eigenvalue weighted by Gasteiger charge is -2.11. The highest BCUT2D eigenvalue weighted by molar-refractivity contribution is 5.97. The molecule has 0 aliphatic heterocycles. The molecule has 3 aromatic heterocycles. The fourth-order valence-electron chi connectivity index (χ4n) is 3.36. The fourth-order valence-corrected chi connectivity index (χ4v) is 3.36. The van der Waals surface area contributed by atoms with Crippen molar-refractivity contribution in [3.05, 3.63) is 60.6 Å². The molecule has 0 unspecified atom stereocenters. The molecular formula is C20H17N7. The van der Waals surface area contributed by atoms with Crippen molar-refractivity contribution in [3.8, 4) is 22.5 Å². The molecule has 7 heteroatoms. The van der Waals surface area contributed by atoms with Gasteiger partial charge in [0.2, 0.25) is 0 Å². The second-order valence-electron chi connectivity index (χ2n) is 6.86. The summed E-state index contributed by atoms with van der Waals surface area (Å²) in [5, 5.41) is 20.8. The highest BCUT2D eigenvalue weighted by Gasteiger charge is 2.13. The molecule has 0 aliphatic rings. The van der Waals surface area contributed by atoms with Crippen molar-refractivity contribution in [2.45, 2.75) is 19.8 Å². The van der Waals surface area contributed by atoms with Crippen LogP contribution in [0.25, 0.3) is 38.9 Å². The average molecular weight is 355 g/mol. The molecule has 132 valence electrons. The number of fused-ring (bicyclic) bond motifs is 2. The van der Waals surface area contributed by atoms with Crippen molar-refractivity contribution in [3.63, 3.8) is 0 Å². The summed E-state index contributed by atoms with van der Waals surface area (Å²) >= 11 is 0. The van der Waals surface area contributed by atoms with Crippen LogP contribution in [-0.2, 0) is 0 Å². The average Bonchev–Trinajstić information content (AvgIpc) is 3.35. The third-order valence-corrected chi connectivity index (χ3v) is 4.84. The normalized spacial score (nSPS) is 11.7. The Kier molecular flexibility index (Phi) is 3.46. The molecule has 1 N–H and O–H groups in total. The van der Waals surface area contributed by atoms with E-state index in [-0.39, 0.29) is 0 Å². The molecule has 0 bridgehead atoms. The van der Waals surface area contributed by atoms with Crippen LogP contribution < -0.4 is 0 Å². The number of aromatic nitrogens is 7. The molecule has 5 rings (SSSR count). The predicted molar refractivity (Wildman–Crippen MR) is 103 cm³/mol. The fraction of sp³-hybridized carbons (Fsp3) is 0.150. The van der Waals surface area contributed by atoms with E-state index in [2.05, 4.69) is 81.0 Å². The first-order valence-corrected chi connectivity index (χ1v) is 8.81. The number of nitrogens with one attached hydrogen (secondary N) is 1. The number of nitrogens with zero attached hydrogens (tertiary/aromatic N) is 6. The predicted octanol–water partition coefficient (Wildman–Crippen LogP) is 3.85. The van der Waals surface area contributed by atoms with Gasteiger partial charge in [0.25, 0.3) is 0 Å². The first kappa shape index (κ1) is 15.6. The molecule has 0 amide bonds. The van der Waals surface area contributed by atoms with Gasteiger partial charge in [-0.2, -0.15) is 5.10 Å². The Morgan fingerprint density at radius 3 is 2.78 bits per heavy atom. The molecule has 5 aromatic rings. The summed E-state index contributed by atoms with van der Waals surface area (Å²) in [5.74, 6) is 1.03. The van der Waals surface area contributed by atoms with E-state index in [1.165, 1.54) is 16.3 Å². The van der Waals surface area contributed by atoms with Crippen molar-refractivity contribution in [1.82, 2.24) is 35.2 Å². The number of benzene rings is 2. The van der Waals surface area contributed by atoms with Gasteiger partial charge in [-0.05, 0) is 38.2 Å². The molecule has 0 spiro atoms. The van der Waals surface area contributed by atoms with E-state index in [0.717, 1.165) is 16.7 Å². The van der Waals surface area contributed by atoms with Crippen LogP contribution in [0.2, 0.25) is 0 Å². The molecule has 0 atom stereocenters. The first-order valence-electron chi connectivity index (χ1n) is 8.81. The second-order valence-corrected chi connectivity index (χ2v) is 6.86. The summed E-state index contributed by atoms with van der Waals surface area (Å²) in [6.45, 7) is 4.42. The van der Waals surface area contributed by atoms with E-state index < -0.39 is 0 Å². The molecule has 7 nitrogen and oxygen atoms in total. The van der Waals surface area contributed by atoms with E-state index in [1.54, 1.807) is 10.7 Å². The monoisotopic (exact) mass is 355 g/mol. The summed E-state index contributed by atoms with van der Waals surface area (Å²) in [6, 6.07) is 13.0. The molecule has 0 saturated heterocycles. The number of tetrazole rings is 1. The zero-order valence-electron chi connectivity index (χ0n) is 15.0. The lowest BCUT2D eigenvalue weighted by Crippen LogP contribution is -1.94. The van der Waals surface area contributed by atoms with Crippen molar-refractivity contribution in [2.75, 3.05) is 0 Å². The van der Waals surface area contributed by atoms with Gasteiger partial charge < -0.3 is 0 Å². The quantitative estimate of drug-likeness (QED) is 0.531. The third-order valence-electron chi connectivity index (χ3n) is 4.84. The number of rotatable bonds is 3. The topological polar surface area (TPSA) is 84.6 Å². The van der Waals surface area contributed by atoms with Gasteiger partial charge in [-0.15, -0.1) is 5.10 Å². The van der Waals surface area contributed by atoms with Gasteiger partial charge in [0.1, 0.15) is 0 Å². The Hall–Kier alpha value is -3.61. The molecule has 0 fully saturated rings. The van der Waals surface area contributed by atoms with Crippen LogP contribution >= 0.6 is 0 Å². The minimum Gasteiger partial charge on any atom is -0.239 e. The Morgan fingerprint density at radius 2 is 1.96 bits per heavy atom. The van der Waals surface area contributed by atoms with Crippen LogP contribution in [0.15, 0.2) is 55.0 Å². The van der Waals surface area contributed by atoms with Crippen LogP contribution in [-0.4, -0.2) is 35.2 Å². The van der Waals surface area contributed by atoms with E-state index in [0.29, 0.717) is 17.4 Å². The van der Waals surface area contributed by atoms with Crippen LogP contribution in [0.4, 0.5) is 0 Å². The smallest absolute Gasteiger partial charge is 0.184 e. The van der Waals surface area contributed by atoms with Gasteiger partial charge in [-0.25, -0.2) is 14.6 Å². The summed E-state index contributed by atoms with van der Waals surface area (Å²) in [5.41, 5.74) is 4.96. The van der Waals surface area contributed by atoms with E-state index in [9.17, 15) is 0 Å². The minimum absolute atomic E-state index is 0.479. The van der Waals surface area contributed by atoms with E-state index in [1.807, 2.05) is 12.4 Å². The lowest BCUT2D eigenvalue weighted by atomic mass is 9.95. The van der Waals surface area contributed by atoms with Crippen LogP contribution in [0.5, 0.6) is 0 Å². The molecule has 2 aromatic carbocycles. The third kappa shape index (κ3) is 2.55. The maximum atomic E-state index is 4.62. The summed E-state index contributed by atoms with van der Waals surface area (Å²) < 4.78 is 1.76. The SMILES string of the molecule is CC(C)c1ccc2cccc(-c3cnc4c(-c5nnn[nH]5)cnn4c3)c2c1. The summed E-state index contributed by atoms with van der Waals surface area (Å²) in [4.78, 5) is 4.62. The van der Waals surface area contributed by atoms with Gasteiger partial charge in [-0.3, -0.25) is 0 Å². The zero-order valence-corrected chi connectivity index (χ0v) is 15.0. The van der Waals surface area contributed by atoms with Crippen LogP contribution in [0.1, 0.15) is 25.3 Å². The molecule has 0 saturated carbocycles. The highest BCUT2D eigenvalue weighted by atomic mass is 15.5. The number of hydrogen-bond acceptors (Lipinski definition) is 5. The Bertz CT molecular complexity index is 1250. The van der Waals surface area contributed by atoms with Crippen LogP contribution in [0, 0.1) is 0 Å². The molecule has 3 heterocycles. The van der Waals surface area contributed by atoms with Gasteiger partial charge in [0, 0.05) is 18.0 Å². The van der Waals surface area contributed by atoms with E-state index >= 15 is 0 Å². The van der Waals surface area contributed by atoms with Crippen LogP contribution in [0.3, 0.4) is 0 Å². The molecule has 27 heavy (non-hydrogen) atoms. The second kappa shape index (κ2) is 5.98. The van der Waals surface area contributed by atoms with E-state index in [4.69, 9.17) is 0 Å². The largest absolute Gasteiger partial charge is 0.239 e. The number of hydrogen-bond donors (Lipinski definition) is 1. The van der Waals surface area contributed by atoms with Crippen molar-refractivity contribution in [2.24, 2.45) is 0 Å². The van der Waals surface area contributed by atoms with Crippen molar-refractivity contribution >= 4 is 16.4 Å². The summed E-state index contributed by atoms with van der Waals surface area (Å²) in [7, 11) is 0. The van der Waals surface area contributed by atoms with Gasteiger partial charge in [0.05, 0.1) is 11.8 Å². The highest BCUT2D eigenvalue weighted by Crippen LogP contribution is 2.31. The molecule has 0 radical (unpaired) electrons. The minimum atomic E-state index is 0.479. The standard InChI is InChI=1S/C20H17N7/c1-12(2)14-7-6-13-4-3-5-16(17(13)8-14)15-9-21-20-18(10-22-27(20)11-15)19-23-25-26-24-19/h3-12H,1-2H3,(H,23,24,25,26). The number of H-pyrrole nitrogens is 1. The van der Waals surface area contributed by atoms with Gasteiger partial charge in [-0.1, -0.05) is 50.2 Å².